The van der Waals surface area contributed by atoms with E-state index in [2.05, 4.69) is 10.6 Å². The van der Waals surface area contributed by atoms with Gasteiger partial charge in [0.15, 0.2) is 0 Å². The fraction of sp³-hybridized carbons (Fsp3) is 0.176. The predicted octanol–water partition coefficient (Wildman–Crippen LogP) is 2.51. The smallest absolute Gasteiger partial charge is 0.251 e. The molecule has 2 amide bonds. The quantitative estimate of drug-likeness (QED) is 0.799. The lowest BCUT2D eigenvalue weighted by Crippen LogP contribution is -2.34. The van der Waals surface area contributed by atoms with Gasteiger partial charge in [-0.1, -0.05) is 23.7 Å². The molecule has 0 spiro atoms. The molecule has 0 atom stereocenters. The Morgan fingerprint density at radius 1 is 0.957 bits per heavy atom. The lowest BCUT2D eigenvalue weighted by atomic mass is 10.2. The first-order chi connectivity index (χ1) is 11.1. The Labute approximate surface area is 139 Å². The molecular formula is C17H17ClN2O3. The van der Waals surface area contributed by atoms with Gasteiger partial charge < -0.3 is 15.4 Å². The highest BCUT2D eigenvalue weighted by Gasteiger charge is 2.07. The maximum atomic E-state index is 12.0. The zero-order chi connectivity index (χ0) is 16.7. The van der Waals surface area contributed by atoms with Crippen molar-refractivity contribution >= 4 is 23.4 Å². The van der Waals surface area contributed by atoms with Gasteiger partial charge in [-0.05, 0) is 36.4 Å². The number of methoxy groups -OCH3 is 1. The van der Waals surface area contributed by atoms with Crippen molar-refractivity contribution in [3.63, 3.8) is 0 Å². The highest BCUT2D eigenvalue weighted by atomic mass is 35.5. The number of hydrogen-bond donors (Lipinski definition) is 2. The van der Waals surface area contributed by atoms with Gasteiger partial charge in [0.1, 0.15) is 5.75 Å². The lowest BCUT2D eigenvalue weighted by molar-refractivity contribution is 0.0927. The van der Waals surface area contributed by atoms with Crippen molar-refractivity contribution in [1.29, 1.82) is 0 Å². The van der Waals surface area contributed by atoms with Crippen LogP contribution in [0, 0.1) is 0 Å². The second-order valence-electron chi connectivity index (χ2n) is 4.75. The molecule has 0 aliphatic carbocycles. The fourth-order valence-corrected chi connectivity index (χ4v) is 2.14. The third-order valence-corrected chi connectivity index (χ3v) is 3.35. The molecule has 0 saturated carbocycles. The van der Waals surface area contributed by atoms with Crippen molar-refractivity contribution in [3.05, 3.63) is 64.7 Å². The summed E-state index contributed by atoms with van der Waals surface area (Å²) in [6.07, 6.45) is 0. The van der Waals surface area contributed by atoms with Crippen LogP contribution < -0.4 is 15.4 Å². The maximum Gasteiger partial charge on any atom is 0.251 e. The van der Waals surface area contributed by atoms with E-state index in [1.165, 1.54) is 0 Å². The number of benzene rings is 2. The molecule has 0 aromatic heterocycles. The van der Waals surface area contributed by atoms with Gasteiger partial charge in [-0.2, -0.15) is 0 Å². The highest BCUT2D eigenvalue weighted by Crippen LogP contribution is 2.12. The Morgan fingerprint density at radius 3 is 2.09 bits per heavy atom. The number of ether oxygens (including phenoxy) is 1. The van der Waals surface area contributed by atoms with Crippen molar-refractivity contribution in [3.8, 4) is 5.75 Å². The van der Waals surface area contributed by atoms with Crippen molar-refractivity contribution in [1.82, 2.24) is 10.6 Å². The molecule has 0 unspecified atom stereocenters. The van der Waals surface area contributed by atoms with Gasteiger partial charge in [0.25, 0.3) is 11.8 Å². The number of carbonyl (C=O) groups is 2. The summed E-state index contributed by atoms with van der Waals surface area (Å²) < 4.78 is 5.07. The molecule has 23 heavy (non-hydrogen) atoms. The molecule has 0 radical (unpaired) electrons. The van der Waals surface area contributed by atoms with Crippen LogP contribution in [0.3, 0.4) is 0 Å². The number of hydrogen-bond acceptors (Lipinski definition) is 3. The van der Waals surface area contributed by atoms with E-state index in [-0.39, 0.29) is 11.8 Å². The summed E-state index contributed by atoms with van der Waals surface area (Å²) in [6.45, 7) is 0.642. The molecule has 0 aliphatic heterocycles. The minimum atomic E-state index is -0.233. The van der Waals surface area contributed by atoms with Gasteiger partial charge in [0, 0.05) is 29.2 Å². The number of rotatable bonds is 6. The number of halogens is 1. The monoisotopic (exact) mass is 332 g/mol. The SMILES string of the molecule is COc1cccc(C(=O)NCCNC(=O)c2cccc(Cl)c2)c1. The van der Waals surface area contributed by atoms with Gasteiger partial charge in [-0.25, -0.2) is 0 Å². The zero-order valence-electron chi connectivity index (χ0n) is 12.6. The van der Waals surface area contributed by atoms with Crippen LogP contribution in [0.4, 0.5) is 0 Å². The van der Waals surface area contributed by atoms with E-state index in [9.17, 15) is 9.59 Å². The lowest BCUT2D eigenvalue weighted by Gasteiger charge is -2.08. The van der Waals surface area contributed by atoms with Crippen molar-refractivity contribution in [2.24, 2.45) is 0 Å². The average molecular weight is 333 g/mol. The van der Waals surface area contributed by atoms with Crippen LogP contribution in [-0.2, 0) is 0 Å². The summed E-state index contributed by atoms with van der Waals surface area (Å²) in [4.78, 5) is 23.9. The van der Waals surface area contributed by atoms with E-state index in [4.69, 9.17) is 16.3 Å². The summed E-state index contributed by atoms with van der Waals surface area (Å²) >= 11 is 5.84. The number of amides is 2. The van der Waals surface area contributed by atoms with Crippen LogP contribution in [0.15, 0.2) is 48.5 Å². The molecule has 120 valence electrons. The summed E-state index contributed by atoms with van der Waals surface area (Å²) in [6, 6.07) is 13.5. The molecule has 0 fully saturated rings. The first-order valence-electron chi connectivity index (χ1n) is 7.06. The van der Waals surface area contributed by atoms with Gasteiger partial charge in [0.05, 0.1) is 7.11 Å². The van der Waals surface area contributed by atoms with Crippen molar-refractivity contribution in [2.45, 2.75) is 0 Å². The molecule has 6 heteroatoms. The first-order valence-corrected chi connectivity index (χ1v) is 7.44. The molecule has 2 aromatic carbocycles. The first kappa shape index (κ1) is 16.8. The Bertz CT molecular complexity index is 704. The molecule has 0 saturated heterocycles. The Hall–Kier alpha value is -2.53. The van der Waals surface area contributed by atoms with Crippen LogP contribution in [0.2, 0.25) is 5.02 Å². The van der Waals surface area contributed by atoms with E-state index in [1.54, 1.807) is 55.6 Å². The van der Waals surface area contributed by atoms with Gasteiger partial charge in [-0.3, -0.25) is 9.59 Å². The van der Waals surface area contributed by atoms with E-state index in [0.717, 1.165) is 0 Å². The van der Waals surface area contributed by atoms with Gasteiger partial charge >= 0.3 is 0 Å². The summed E-state index contributed by atoms with van der Waals surface area (Å²) in [5.74, 6) is 0.163. The molecule has 5 nitrogen and oxygen atoms in total. The van der Waals surface area contributed by atoms with Crippen molar-refractivity contribution < 1.29 is 14.3 Å². The molecule has 0 bridgehead atoms. The largest absolute Gasteiger partial charge is 0.497 e. The van der Waals surface area contributed by atoms with Crippen LogP contribution in [0.5, 0.6) is 5.75 Å². The van der Waals surface area contributed by atoms with Gasteiger partial charge in [0.2, 0.25) is 0 Å². The Morgan fingerprint density at radius 2 is 1.52 bits per heavy atom. The minimum Gasteiger partial charge on any atom is -0.497 e. The average Bonchev–Trinajstić information content (AvgIpc) is 2.58. The van der Waals surface area contributed by atoms with E-state index < -0.39 is 0 Å². The summed E-state index contributed by atoms with van der Waals surface area (Å²) in [5.41, 5.74) is 0.988. The highest BCUT2D eigenvalue weighted by molar-refractivity contribution is 6.30. The zero-order valence-corrected chi connectivity index (χ0v) is 13.4. The van der Waals surface area contributed by atoms with E-state index in [0.29, 0.717) is 35.0 Å². The normalized spacial score (nSPS) is 10.0. The van der Waals surface area contributed by atoms with Crippen LogP contribution >= 0.6 is 11.6 Å². The fourth-order valence-electron chi connectivity index (χ4n) is 1.95. The molecule has 2 aromatic rings. The molecular weight excluding hydrogens is 316 g/mol. The maximum absolute atomic E-state index is 12.0. The van der Waals surface area contributed by atoms with Crippen LogP contribution in [0.25, 0.3) is 0 Å². The molecule has 2 N–H and O–H groups in total. The minimum absolute atomic E-state index is 0.221. The number of nitrogens with one attached hydrogen (secondary N) is 2. The van der Waals surface area contributed by atoms with Crippen LogP contribution in [-0.4, -0.2) is 32.0 Å². The van der Waals surface area contributed by atoms with E-state index in [1.807, 2.05) is 0 Å². The van der Waals surface area contributed by atoms with Gasteiger partial charge in [-0.15, -0.1) is 0 Å². The summed E-state index contributed by atoms with van der Waals surface area (Å²) in [5, 5.41) is 5.96. The topological polar surface area (TPSA) is 67.4 Å². The third kappa shape index (κ3) is 5.00. The summed E-state index contributed by atoms with van der Waals surface area (Å²) in [7, 11) is 1.54. The molecule has 0 aliphatic rings. The molecule has 2 rings (SSSR count). The Kier molecular flexibility index (Phi) is 6.00. The molecule has 0 heterocycles. The third-order valence-electron chi connectivity index (χ3n) is 3.11. The van der Waals surface area contributed by atoms with E-state index >= 15 is 0 Å². The van der Waals surface area contributed by atoms with Crippen molar-refractivity contribution in [2.75, 3.05) is 20.2 Å². The second-order valence-corrected chi connectivity index (χ2v) is 5.19. The Balaban J connectivity index is 1.78. The second kappa shape index (κ2) is 8.19. The standard InChI is InChI=1S/C17H17ClN2O3/c1-23-15-7-3-5-13(11-15)17(22)20-9-8-19-16(21)12-4-2-6-14(18)10-12/h2-7,10-11H,8-9H2,1H3,(H,19,21)(H,20,22). The number of carbonyl (C=O) groups excluding carboxylic acids is 2. The van der Waals surface area contributed by atoms with Crippen LogP contribution in [0.1, 0.15) is 20.7 Å². The predicted molar refractivity (Wildman–Crippen MR) is 89.1 cm³/mol.